The van der Waals surface area contributed by atoms with Crippen LogP contribution < -0.4 is 5.32 Å². The lowest BCUT2D eigenvalue weighted by atomic mass is 9.99. The SMILES string of the molecule is CN(C)C(=O)Nc1cnn(CC(=O)N2CCCC(CO)C2)n1. The van der Waals surface area contributed by atoms with Gasteiger partial charge in [-0.15, -0.1) is 5.10 Å². The third kappa shape index (κ3) is 4.17. The predicted molar refractivity (Wildman–Crippen MR) is 79.1 cm³/mol. The molecule has 1 aromatic rings. The Kier molecular flexibility index (Phi) is 5.31. The van der Waals surface area contributed by atoms with Gasteiger partial charge in [0.1, 0.15) is 6.54 Å². The summed E-state index contributed by atoms with van der Waals surface area (Å²) < 4.78 is 0. The second-order valence-electron chi connectivity index (χ2n) is 5.62. The van der Waals surface area contributed by atoms with Gasteiger partial charge in [0.2, 0.25) is 5.91 Å². The van der Waals surface area contributed by atoms with Gasteiger partial charge in [0, 0.05) is 33.8 Å². The molecule has 9 nitrogen and oxygen atoms in total. The van der Waals surface area contributed by atoms with Crippen LogP contribution in [0.4, 0.5) is 10.6 Å². The van der Waals surface area contributed by atoms with Crippen LogP contribution in [0.3, 0.4) is 0 Å². The van der Waals surface area contributed by atoms with Crippen LogP contribution in [0, 0.1) is 5.92 Å². The van der Waals surface area contributed by atoms with Crippen molar-refractivity contribution in [2.45, 2.75) is 19.4 Å². The molecule has 1 aliphatic rings. The normalized spacial score (nSPS) is 18.1. The Hall–Kier alpha value is -2.16. The van der Waals surface area contributed by atoms with Crippen LogP contribution in [0.25, 0.3) is 0 Å². The summed E-state index contributed by atoms with van der Waals surface area (Å²) in [6.07, 6.45) is 3.25. The van der Waals surface area contributed by atoms with E-state index in [1.165, 1.54) is 15.9 Å². The van der Waals surface area contributed by atoms with Crippen molar-refractivity contribution in [2.75, 3.05) is 39.1 Å². The van der Waals surface area contributed by atoms with Crippen LogP contribution in [0.5, 0.6) is 0 Å². The molecule has 1 fully saturated rings. The van der Waals surface area contributed by atoms with E-state index < -0.39 is 0 Å². The lowest BCUT2D eigenvalue weighted by Gasteiger charge is -2.31. The predicted octanol–water partition coefficient (Wildman–Crippen LogP) is -0.397. The number of rotatable bonds is 4. The Balaban J connectivity index is 1.89. The first kappa shape index (κ1) is 16.2. The molecule has 22 heavy (non-hydrogen) atoms. The van der Waals surface area contributed by atoms with E-state index in [9.17, 15) is 14.7 Å². The Morgan fingerprint density at radius 1 is 1.50 bits per heavy atom. The fourth-order valence-electron chi connectivity index (χ4n) is 2.31. The number of carbonyl (C=O) groups excluding carboxylic acids is 2. The van der Waals surface area contributed by atoms with Crippen molar-refractivity contribution in [3.05, 3.63) is 6.20 Å². The van der Waals surface area contributed by atoms with Crippen LogP contribution in [0.1, 0.15) is 12.8 Å². The van der Waals surface area contributed by atoms with Gasteiger partial charge >= 0.3 is 6.03 Å². The number of nitrogens with one attached hydrogen (secondary N) is 1. The first-order valence-corrected chi connectivity index (χ1v) is 7.26. The van der Waals surface area contributed by atoms with Crippen LogP contribution in [0.15, 0.2) is 6.20 Å². The van der Waals surface area contributed by atoms with Gasteiger partial charge in [0.25, 0.3) is 0 Å². The van der Waals surface area contributed by atoms with Crippen LogP contribution in [-0.4, -0.2) is 75.6 Å². The number of nitrogens with zero attached hydrogens (tertiary/aromatic N) is 5. The summed E-state index contributed by atoms with van der Waals surface area (Å²) in [7, 11) is 3.24. The molecule has 0 bridgehead atoms. The van der Waals surface area contributed by atoms with Gasteiger partial charge < -0.3 is 14.9 Å². The largest absolute Gasteiger partial charge is 0.396 e. The summed E-state index contributed by atoms with van der Waals surface area (Å²) in [5.41, 5.74) is 0. The minimum absolute atomic E-state index is 0.0238. The second-order valence-corrected chi connectivity index (χ2v) is 5.62. The highest BCUT2D eigenvalue weighted by Gasteiger charge is 2.23. The van der Waals surface area contributed by atoms with E-state index >= 15 is 0 Å². The Labute approximate surface area is 128 Å². The average molecular weight is 310 g/mol. The van der Waals surface area contributed by atoms with E-state index in [0.29, 0.717) is 18.9 Å². The highest BCUT2D eigenvalue weighted by molar-refractivity contribution is 5.87. The maximum atomic E-state index is 12.2. The third-order valence-corrected chi connectivity index (χ3v) is 3.58. The molecule has 1 unspecified atom stereocenters. The number of likely N-dealkylation sites (tertiary alicyclic amines) is 1. The molecule has 1 saturated heterocycles. The molecule has 2 heterocycles. The van der Waals surface area contributed by atoms with Crippen LogP contribution in [0.2, 0.25) is 0 Å². The zero-order valence-corrected chi connectivity index (χ0v) is 12.9. The summed E-state index contributed by atoms with van der Waals surface area (Å²) in [4.78, 5) is 28.1. The van der Waals surface area contributed by atoms with Gasteiger partial charge in [-0.3, -0.25) is 10.1 Å². The molecule has 1 aromatic heterocycles. The number of aliphatic hydroxyl groups is 1. The zero-order chi connectivity index (χ0) is 16.1. The number of urea groups is 1. The maximum absolute atomic E-state index is 12.2. The lowest BCUT2D eigenvalue weighted by Crippen LogP contribution is -2.42. The molecule has 122 valence electrons. The van der Waals surface area contributed by atoms with Crippen molar-refractivity contribution in [3.63, 3.8) is 0 Å². The number of aliphatic hydroxyl groups excluding tert-OH is 1. The summed E-state index contributed by atoms with van der Waals surface area (Å²) in [5, 5.41) is 19.8. The van der Waals surface area contributed by atoms with E-state index in [1.54, 1.807) is 19.0 Å². The first-order chi connectivity index (χ1) is 10.5. The molecule has 0 aliphatic carbocycles. The van der Waals surface area contributed by atoms with Gasteiger partial charge in [-0.25, -0.2) is 4.79 Å². The van der Waals surface area contributed by atoms with E-state index in [-0.39, 0.29) is 31.0 Å². The van der Waals surface area contributed by atoms with Gasteiger partial charge in [0.15, 0.2) is 5.82 Å². The second kappa shape index (κ2) is 7.21. The molecular weight excluding hydrogens is 288 g/mol. The van der Waals surface area contributed by atoms with E-state index in [0.717, 1.165) is 12.8 Å². The third-order valence-electron chi connectivity index (χ3n) is 3.58. The van der Waals surface area contributed by atoms with Gasteiger partial charge in [-0.05, 0) is 18.8 Å². The van der Waals surface area contributed by atoms with E-state index in [2.05, 4.69) is 15.5 Å². The minimum Gasteiger partial charge on any atom is -0.396 e. The van der Waals surface area contributed by atoms with E-state index in [4.69, 9.17) is 0 Å². The number of carbonyl (C=O) groups is 2. The molecule has 2 rings (SSSR count). The standard InChI is InChI=1S/C13H22N6O3/c1-17(2)13(22)15-11-6-14-19(16-11)8-12(21)18-5-3-4-10(7-18)9-20/h6,10,20H,3-5,7-9H2,1-2H3,(H,15,16,22). The quantitative estimate of drug-likeness (QED) is 0.788. The van der Waals surface area contributed by atoms with Crippen molar-refractivity contribution in [1.29, 1.82) is 0 Å². The van der Waals surface area contributed by atoms with E-state index in [1.807, 2.05) is 0 Å². The van der Waals surface area contributed by atoms with Crippen molar-refractivity contribution in [3.8, 4) is 0 Å². The average Bonchev–Trinajstić information content (AvgIpc) is 2.94. The maximum Gasteiger partial charge on any atom is 0.322 e. The zero-order valence-electron chi connectivity index (χ0n) is 12.9. The van der Waals surface area contributed by atoms with Gasteiger partial charge in [0.05, 0.1) is 6.20 Å². The number of hydrogen-bond acceptors (Lipinski definition) is 5. The molecular formula is C13H22N6O3. The minimum atomic E-state index is -0.305. The number of aromatic nitrogens is 3. The summed E-state index contributed by atoms with van der Waals surface area (Å²) in [6, 6.07) is -0.305. The highest BCUT2D eigenvalue weighted by atomic mass is 16.3. The van der Waals surface area contributed by atoms with Crippen molar-refractivity contribution in [2.24, 2.45) is 5.92 Å². The molecule has 3 amide bonds. The fraction of sp³-hybridized carbons (Fsp3) is 0.692. The number of piperidine rings is 1. The molecule has 0 aromatic carbocycles. The summed E-state index contributed by atoms with van der Waals surface area (Å²) in [6.45, 7) is 1.39. The van der Waals surface area contributed by atoms with Crippen LogP contribution >= 0.6 is 0 Å². The molecule has 0 saturated carbocycles. The summed E-state index contributed by atoms with van der Waals surface area (Å²) in [5.74, 6) is 0.371. The van der Waals surface area contributed by atoms with Gasteiger partial charge in [-0.1, -0.05) is 0 Å². The number of amides is 3. The molecule has 0 radical (unpaired) electrons. The van der Waals surface area contributed by atoms with Crippen molar-refractivity contribution in [1.82, 2.24) is 24.8 Å². The smallest absolute Gasteiger partial charge is 0.322 e. The van der Waals surface area contributed by atoms with Crippen molar-refractivity contribution >= 4 is 17.8 Å². The highest BCUT2D eigenvalue weighted by Crippen LogP contribution is 2.16. The molecule has 0 spiro atoms. The Morgan fingerprint density at radius 2 is 2.27 bits per heavy atom. The van der Waals surface area contributed by atoms with Gasteiger partial charge in [-0.2, -0.15) is 9.90 Å². The number of anilines is 1. The van der Waals surface area contributed by atoms with Crippen molar-refractivity contribution < 1.29 is 14.7 Å². The number of hydrogen-bond donors (Lipinski definition) is 2. The van der Waals surface area contributed by atoms with Crippen LogP contribution in [-0.2, 0) is 11.3 Å². The monoisotopic (exact) mass is 310 g/mol. The molecule has 2 N–H and O–H groups in total. The molecule has 1 aliphatic heterocycles. The Morgan fingerprint density at radius 3 is 2.95 bits per heavy atom. The topological polar surface area (TPSA) is 104 Å². The fourth-order valence-corrected chi connectivity index (χ4v) is 2.31. The summed E-state index contributed by atoms with van der Waals surface area (Å²) >= 11 is 0. The lowest BCUT2D eigenvalue weighted by molar-refractivity contribution is -0.134. The molecule has 1 atom stereocenters. The Bertz CT molecular complexity index is 530. The first-order valence-electron chi connectivity index (χ1n) is 7.26. The molecule has 9 heteroatoms.